The van der Waals surface area contributed by atoms with Gasteiger partial charge in [0.1, 0.15) is 0 Å². The Balaban J connectivity index is 1.12. The van der Waals surface area contributed by atoms with Gasteiger partial charge in [-0.05, 0) is 110 Å². The molecule has 0 spiro atoms. The monoisotopic (exact) mass is 750 g/mol. The Kier molecular flexibility index (Phi) is 14.3. The summed E-state index contributed by atoms with van der Waals surface area (Å²) in [6, 6.07) is 28.1. The highest BCUT2D eigenvalue weighted by Gasteiger charge is 2.29. The molecule has 0 bridgehead atoms. The fourth-order valence-electron chi connectivity index (χ4n) is 8.42. The van der Waals surface area contributed by atoms with Crippen molar-refractivity contribution in [3.05, 3.63) is 72.8 Å². The molecule has 3 fully saturated rings. The SMILES string of the molecule is c1ccc2c(c1)SC[C@H]1CCCC[C@@H]1CSc1ccccc1SC[C@H]1CCCC[C@@H]1CSc1ccccc1SC[C@H]1CCCC[C@@H]1CS2. The Morgan fingerprint density at radius 1 is 0.271 bits per heavy atom. The van der Waals surface area contributed by atoms with Gasteiger partial charge in [0.05, 0.1) is 0 Å². The normalized spacial score (nSPS) is 29.8. The first-order valence-corrected chi connectivity index (χ1v) is 24.8. The zero-order valence-corrected chi connectivity index (χ0v) is 33.5. The first-order valence-electron chi connectivity index (χ1n) is 18.8. The highest BCUT2D eigenvalue weighted by molar-refractivity contribution is 8.03. The summed E-state index contributed by atoms with van der Waals surface area (Å²) in [4.78, 5) is 9.19. The first kappa shape index (κ1) is 36.1. The van der Waals surface area contributed by atoms with Gasteiger partial charge in [0, 0.05) is 63.9 Å². The molecular weight excluding hydrogens is 697 g/mol. The molecule has 0 unspecified atom stereocenters. The highest BCUT2D eigenvalue weighted by Crippen LogP contribution is 2.45. The molecule has 0 amide bonds. The van der Waals surface area contributed by atoms with E-state index in [-0.39, 0.29) is 0 Å². The second kappa shape index (κ2) is 19.0. The Morgan fingerprint density at radius 2 is 0.438 bits per heavy atom. The van der Waals surface area contributed by atoms with Crippen LogP contribution in [0.3, 0.4) is 0 Å². The van der Waals surface area contributed by atoms with Crippen LogP contribution in [0.1, 0.15) is 77.0 Å². The molecule has 48 heavy (non-hydrogen) atoms. The number of fused-ring (bicyclic) bond motifs is 6. The summed E-state index contributed by atoms with van der Waals surface area (Å²) < 4.78 is 0. The van der Waals surface area contributed by atoms with Crippen molar-refractivity contribution >= 4 is 70.6 Å². The first-order chi connectivity index (χ1) is 23.8. The van der Waals surface area contributed by atoms with E-state index in [0.29, 0.717) is 0 Å². The average Bonchev–Trinajstić information content (AvgIpc) is 3.14. The van der Waals surface area contributed by atoms with Gasteiger partial charge >= 0.3 is 0 Å². The number of hydrogen-bond acceptors (Lipinski definition) is 6. The van der Waals surface area contributed by atoms with Crippen molar-refractivity contribution in [2.75, 3.05) is 34.5 Å². The predicted octanol–water partition coefficient (Wildman–Crippen LogP) is 14.1. The maximum Gasteiger partial charge on any atom is 0.0208 e. The summed E-state index contributed by atoms with van der Waals surface area (Å²) in [6.07, 6.45) is 17.0. The number of rotatable bonds is 0. The van der Waals surface area contributed by atoms with Gasteiger partial charge < -0.3 is 0 Å². The van der Waals surface area contributed by atoms with Gasteiger partial charge in [0.2, 0.25) is 0 Å². The third kappa shape index (κ3) is 10.00. The standard InChI is InChI=1S/C42H54S6/c1-2-14-32-26-44-39-21-9-10-22-40(39)46-28-34-16-5-6-18-36(34)30-48-42-24-12-11-23-41(42)47-29-35-17-4-3-15-33(35)27-45-38-20-8-7-19-37(38)43-25-31(32)13-1/h7-12,19-24,31-36H,1-6,13-18,25-30H2/t31-,32-,33-,34-,35-,36-/m1/s1. The third-order valence-corrected chi connectivity index (χ3v) is 19.4. The fourth-order valence-corrected chi connectivity index (χ4v) is 16.8. The largest absolute Gasteiger partial charge is 0.125 e. The van der Waals surface area contributed by atoms with Gasteiger partial charge in [-0.25, -0.2) is 0 Å². The molecule has 0 radical (unpaired) electrons. The minimum atomic E-state index is 0.836. The smallest absolute Gasteiger partial charge is 0.0208 e. The average molecular weight is 751 g/mol. The summed E-state index contributed by atoms with van der Waals surface area (Å²) in [5, 5.41) is 0. The van der Waals surface area contributed by atoms with Crippen molar-refractivity contribution in [1.29, 1.82) is 0 Å². The van der Waals surface area contributed by atoms with E-state index in [1.54, 1.807) is 0 Å². The van der Waals surface area contributed by atoms with Crippen LogP contribution in [0, 0.1) is 35.5 Å². The van der Waals surface area contributed by atoms with Gasteiger partial charge in [0.15, 0.2) is 0 Å². The van der Waals surface area contributed by atoms with Crippen molar-refractivity contribution in [2.24, 2.45) is 35.5 Å². The zero-order chi connectivity index (χ0) is 32.4. The second-order valence-corrected chi connectivity index (χ2v) is 21.0. The summed E-state index contributed by atoms with van der Waals surface area (Å²) in [5.41, 5.74) is 0. The van der Waals surface area contributed by atoms with Crippen molar-refractivity contribution in [3.63, 3.8) is 0 Å². The molecule has 0 nitrogen and oxygen atoms in total. The minimum Gasteiger partial charge on any atom is -0.125 e. The molecular formula is C42H54S6. The predicted molar refractivity (Wildman–Crippen MR) is 220 cm³/mol. The van der Waals surface area contributed by atoms with Gasteiger partial charge in [-0.15, -0.1) is 70.6 Å². The number of thioether (sulfide) groups is 6. The Morgan fingerprint density at radius 3 is 0.604 bits per heavy atom. The van der Waals surface area contributed by atoms with Crippen molar-refractivity contribution in [1.82, 2.24) is 0 Å². The Labute approximate surface area is 317 Å². The lowest BCUT2D eigenvalue weighted by molar-refractivity contribution is 0.286. The van der Waals surface area contributed by atoms with E-state index in [0.717, 1.165) is 35.5 Å². The van der Waals surface area contributed by atoms with Crippen LogP contribution in [-0.4, -0.2) is 34.5 Å². The zero-order valence-electron chi connectivity index (χ0n) is 28.6. The lowest BCUT2D eigenvalue weighted by atomic mass is 9.81. The van der Waals surface area contributed by atoms with Gasteiger partial charge in [-0.3, -0.25) is 0 Å². The summed E-state index contributed by atoms with van der Waals surface area (Å²) in [6.45, 7) is 0. The maximum absolute atomic E-state index is 2.41. The Bertz CT molecular complexity index is 1150. The van der Waals surface area contributed by atoms with Crippen LogP contribution in [0.25, 0.3) is 0 Å². The molecule has 1 heterocycles. The van der Waals surface area contributed by atoms with Crippen LogP contribution in [0.2, 0.25) is 0 Å². The number of hydrogen-bond donors (Lipinski definition) is 0. The molecule has 7 rings (SSSR count). The topological polar surface area (TPSA) is 0 Å². The van der Waals surface area contributed by atoms with Crippen molar-refractivity contribution < 1.29 is 0 Å². The van der Waals surface area contributed by atoms with E-state index in [9.17, 15) is 0 Å². The van der Waals surface area contributed by atoms with Crippen LogP contribution >= 0.6 is 70.6 Å². The molecule has 0 N–H and O–H groups in total. The molecule has 6 heteroatoms. The summed E-state index contributed by atoms with van der Waals surface area (Å²) >= 11 is 13.0. The van der Waals surface area contributed by atoms with E-state index >= 15 is 0 Å². The molecule has 3 saturated carbocycles. The molecule has 3 aromatic rings. The maximum atomic E-state index is 2.41. The molecule has 258 valence electrons. The third-order valence-electron chi connectivity index (χ3n) is 11.5. The molecule has 4 aliphatic rings. The van der Waals surface area contributed by atoms with Crippen LogP contribution in [0.4, 0.5) is 0 Å². The second-order valence-electron chi connectivity index (χ2n) is 14.6. The van der Waals surface area contributed by atoms with E-state index < -0.39 is 0 Å². The Hall–Kier alpha value is -0.240. The molecule has 6 atom stereocenters. The van der Waals surface area contributed by atoms with Crippen molar-refractivity contribution in [2.45, 2.75) is 106 Å². The van der Waals surface area contributed by atoms with Crippen molar-refractivity contribution in [3.8, 4) is 0 Å². The van der Waals surface area contributed by atoms with E-state index in [1.165, 1.54) is 141 Å². The van der Waals surface area contributed by atoms with E-state index in [4.69, 9.17) is 0 Å². The van der Waals surface area contributed by atoms with Crippen LogP contribution in [0.15, 0.2) is 102 Å². The van der Waals surface area contributed by atoms with Gasteiger partial charge in [-0.1, -0.05) is 74.9 Å². The van der Waals surface area contributed by atoms with Crippen LogP contribution < -0.4 is 0 Å². The molecule has 3 aliphatic carbocycles. The molecule has 1 aliphatic heterocycles. The van der Waals surface area contributed by atoms with Gasteiger partial charge in [-0.2, -0.15) is 0 Å². The van der Waals surface area contributed by atoms with E-state index in [2.05, 4.69) is 143 Å². The minimum absolute atomic E-state index is 0.836. The quantitative estimate of drug-likeness (QED) is 0.223. The summed E-state index contributed by atoms with van der Waals surface area (Å²) in [7, 11) is 0. The van der Waals surface area contributed by atoms with Gasteiger partial charge in [0.25, 0.3) is 0 Å². The molecule has 0 saturated heterocycles. The highest BCUT2D eigenvalue weighted by atomic mass is 32.2. The molecule has 3 aromatic carbocycles. The van der Waals surface area contributed by atoms with Crippen LogP contribution in [0.5, 0.6) is 0 Å². The molecule has 0 aromatic heterocycles. The lowest BCUT2D eigenvalue weighted by Crippen LogP contribution is -2.24. The number of benzene rings is 3. The van der Waals surface area contributed by atoms with Crippen LogP contribution in [-0.2, 0) is 0 Å². The van der Waals surface area contributed by atoms with E-state index in [1.807, 2.05) is 0 Å². The summed E-state index contributed by atoms with van der Waals surface area (Å²) in [5.74, 6) is 12.7. The fraction of sp³-hybridized carbons (Fsp3) is 0.571. The lowest BCUT2D eigenvalue weighted by Gasteiger charge is -2.33.